The van der Waals surface area contributed by atoms with Crippen molar-refractivity contribution in [3.05, 3.63) is 33.8 Å². The molecule has 0 N–H and O–H groups in total. The smallest absolute Gasteiger partial charge is 0.236 e. The van der Waals surface area contributed by atoms with Crippen LogP contribution in [0.15, 0.2) is 18.2 Å². The lowest BCUT2D eigenvalue weighted by Crippen LogP contribution is -2.50. The fraction of sp³-hybridized carbons (Fsp3) is 0.579. The van der Waals surface area contributed by atoms with E-state index in [1.54, 1.807) is 11.0 Å². The molecule has 1 aromatic carbocycles. The second-order valence-corrected chi connectivity index (χ2v) is 7.51. The van der Waals surface area contributed by atoms with Crippen LogP contribution in [0.2, 0.25) is 10.0 Å². The third-order valence-corrected chi connectivity index (χ3v) is 5.56. The number of rotatable bonds is 7. The van der Waals surface area contributed by atoms with Crippen molar-refractivity contribution in [3.63, 3.8) is 0 Å². The van der Waals surface area contributed by atoms with Gasteiger partial charge in [-0.25, -0.2) is 0 Å². The van der Waals surface area contributed by atoms with E-state index in [2.05, 4.69) is 15.9 Å². The molecule has 0 radical (unpaired) electrons. The minimum atomic E-state index is -0.141. The molecule has 0 bridgehead atoms. The molecular formula is C19H26Cl2N4O. The third-order valence-electron chi connectivity index (χ3n) is 4.70. The van der Waals surface area contributed by atoms with Crippen molar-refractivity contribution in [2.45, 2.75) is 20.4 Å². The van der Waals surface area contributed by atoms with Crippen molar-refractivity contribution >= 4 is 29.1 Å². The molecule has 1 saturated heterocycles. The third kappa shape index (κ3) is 5.85. The molecule has 0 spiro atoms. The monoisotopic (exact) mass is 396 g/mol. The van der Waals surface area contributed by atoms with Crippen molar-refractivity contribution in [3.8, 4) is 6.07 Å². The Hall–Kier alpha value is -1.32. The SMILES string of the molecule is CCN(CC(C)C#N)C(=O)CN1CCN(Cc2cccc(Cl)c2Cl)CC1. The molecule has 0 aromatic heterocycles. The van der Waals surface area contributed by atoms with Crippen LogP contribution in [0.25, 0.3) is 0 Å². The van der Waals surface area contributed by atoms with Gasteiger partial charge in [0.1, 0.15) is 0 Å². The highest BCUT2D eigenvalue weighted by Gasteiger charge is 2.22. The Kier molecular flexibility index (Phi) is 8.17. The number of nitriles is 1. The molecule has 1 fully saturated rings. The van der Waals surface area contributed by atoms with Crippen LogP contribution in [0.1, 0.15) is 19.4 Å². The summed E-state index contributed by atoms with van der Waals surface area (Å²) >= 11 is 12.4. The Bertz CT molecular complexity index is 653. The molecule has 1 aliphatic heterocycles. The minimum Gasteiger partial charge on any atom is -0.341 e. The number of halogens is 2. The first-order valence-electron chi connectivity index (χ1n) is 8.99. The summed E-state index contributed by atoms with van der Waals surface area (Å²) < 4.78 is 0. The van der Waals surface area contributed by atoms with Crippen LogP contribution < -0.4 is 0 Å². The van der Waals surface area contributed by atoms with Crippen LogP contribution in [0, 0.1) is 17.2 Å². The summed E-state index contributed by atoms with van der Waals surface area (Å²) in [6.45, 7) is 9.57. The van der Waals surface area contributed by atoms with Gasteiger partial charge in [0.2, 0.25) is 5.91 Å². The van der Waals surface area contributed by atoms with Gasteiger partial charge in [-0.3, -0.25) is 14.6 Å². The predicted octanol–water partition coefficient (Wildman–Crippen LogP) is 3.12. The van der Waals surface area contributed by atoms with Gasteiger partial charge >= 0.3 is 0 Å². The molecular weight excluding hydrogens is 371 g/mol. The van der Waals surface area contributed by atoms with Gasteiger partial charge in [-0.05, 0) is 25.5 Å². The van der Waals surface area contributed by atoms with Gasteiger partial charge in [-0.15, -0.1) is 0 Å². The maximum atomic E-state index is 12.5. The van der Waals surface area contributed by atoms with Gasteiger partial charge in [0.25, 0.3) is 0 Å². The summed E-state index contributed by atoms with van der Waals surface area (Å²) in [5, 5.41) is 10.2. The molecule has 1 aromatic rings. The number of piperazine rings is 1. The zero-order valence-electron chi connectivity index (χ0n) is 15.4. The first-order chi connectivity index (χ1) is 12.4. The first kappa shape index (κ1) is 21.0. The van der Waals surface area contributed by atoms with Crippen molar-refractivity contribution in [2.75, 3.05) is 45.8 Å². The summed E-state index contributed by atoms with van der Waals surface area (Å²) in [5.74, 6) is -0.0425. The summed E-state index contributed by atoms with van der Waals surface area (Å²) in [6, 6.07) is 7.90. The Morgan fingerprint density at radius 3 is 2.54 bits per heavy atom. The Labute approximate surface area is 166 Å². The van der Waals surface area contributed by atoms with Gasteiger partial charge in [-0.1, -0.05) is 35.3 Å². The molecule has 2 rings (SSSR count). The lowest BCUT2D eigenvalue weighted by atomic mass is 10.2. The quantitative estimate of drug-likeness (QED) is 0.710. The standard InChI is InChI=1S/C19H26Cl2N4O/c1-3-25(12-15(2)11-22)18(26)14-24-9-7-23(8-10-24)13-16-5-4-6-17(20)19(16)21/h4-6,15H,3,7-10,12-14H2,1-2H3. The van der Waals surface area contributed by atoms with E-state index in [1.165, 1.54) is 0 Å². The Morgan fingerprint density at radius 1 is 1.27 bits per heavy atom. The Balaban J connectivity index is 1.81. The highest BCUT2D eigenvalue weighted by atomic mass is 35.5. The van der Waals surface area contributed by atoms with Crippen LogP contribution in [0.3, 0.4) is 0 Å². The maximum absolute atomic E-state index is 12.5. The van der Waals surface area contributed by atoms with E-state index in [9.17, 15) is 4.79 Å². The van der Waals surface area contributed by atoms with Crippen LogP contribution in [-0.4, -0.2) is 66.4 Å². The summed E-state index contributed by atoms with van der Waals surface area (Å²) in [6.07, 6.45) is 0. The van der Waals surface area contributed by atoms with Crippen LogP contribution in [0.5, 0.6) is 0 Å². The van der Waals surface area contributed by atoms with E-state index < -0.39 is 0 Å². The van der Waals surface area contributed by atoms with Gasteiger partial charge in [-0.2, -0.15) is 5.26 Å². The molecule has 1 unspecified atom stereocenters. The van der Waals surface area contributed by atoms with E-state index in [-0.39, 0.29) is 11.8 Å². The topological polar surface area (TPSA) is 50.6 Å². The van der Waals surface area contributed by atoms with Crippen molar-refractivity contribution < 1.29 is 4.79 Å². The molecule has 5 nitrogen and oxygen atoms in total. The number of amides is 1. The first-order valence-corrected chi connectivity index (χ1v) is 9.75. The van der Waals surface area contributed by atoms with E-state index in [4.69, 9.17) is 28.5 Å². The van der Waals surface area contributed by atoms with E-state index in [1.807, 2.05) is 26.0 Å². The zero-order chi connectivity index (χ0) is 19.1. The van der Waals surface area contributed by atoms with Gasteiger partial charge in [0, 0.05) is 45.8 Å². The fourth-order valence-electron chi connectivity index (χ4n) is 3.09. The van der Waals surface area contributed by atoms with Crippen molar-refractivity contribution in [1.82, 2.24) is 14.7 Å². The second kappa shape index (κ2) is 10.1. The molecule has 1 atom stereocenters. The number of hydrogen-bond acceptors (Lipinski definition) is 4. The number of benzene rings is 1. The van der Waals surface area contributed by atoms with Crippen molar-refractivity contribution in [2.24, 2.45) is 5.92 Å². The highest BCUT2D eigenvalue weighted by molar-refractivity contribution is 6.42. The van der Waals surface area contributed by atoms with Crippen molar-refractivity contribution in [1.29, 1.82) is 5.26 Å². The molecule has 0 saturated carbocycles. The number of nitrogens with zero attached hydrogens (tertiary/aromatic N) is 4. The Morgan fingerprint density at radius 2 is 1.92 bits per heavy atom. The molecule has 1 aliphatic rings. The summed E-state index contributed by atoms with van der Waals surface area (Å²) in [4.78, 5) is 18.8. The highest BCUT2D eigenvalue weighted by Crippen LogP contribution is 2.26. The molecule has 1 heterocycles. The lowest BCUT2D eigenvalue weighted by Gasteiger charge is -2.35. The summed E-state index contributed by atoms with van der Waals surface area (Å²) in [5.41, 5.74) is 1.03. The zero-order valence-corrected chi connectivity index (χ0v) is 16.9. The van der Waals surface area contributed by atoms with Crippen LogP contribution >= 0.6 is 23.2 Å². The molecule has 26 heavy (non-hydrogen) atoms. The van der Waals surface area contributed by atoms with E-state index in [0.717, 1.165) is 38.3 Å². The van der Waals surface area contributed by atoms with E-state index in [0.29, 0.717) is 29.7 Å². The molecule has 1 amide bonds. The van der Waals surface area contributed by atoms with Crippen LogP contribution in [-0.2, 0) is 11.3 Å². The number of likely N-dealkylation sites (N-methyl/N-ethyl adjacent to an activating group) is 1. The van der Waals surface area contributed by atoms with Gasteiger partial charge in [0.15, 0.2) is 0 Å². The maximum Gasteiger partial charge on any atom is 0.236 e. The van der Waals surface area contributed by atoms with Crippen LogP contribution in [0.4, 0.5) is 0 Å². The van der Waals surface area contributed by atoms with Gasteiger partial charge < -0.3 is 4.90 Å². The molecule has 142 valence electrons. The largest absolute Gasteiger partial charge is 0.341 e. The normalized spacial score (nSPS) is 16.9. The minimum absolute atomic E-state index is 0.0981. The number of carbonyl (C=O) groups is 1. The average molecular weight is 397 g/mol. The number of hydrogen-bond donors (Lipinski definition) is 0. The summed E-state index contributed by atoms with van der Waals surface area (Å²) in [7, 11) is 0. The average Bonchev–Trinajstić information content (AvgIpc) is 2.64. The molecule has 0 aliphatic carbocycles. The van der Waals surface area contributed by atoms with E-state index >= 15 is 0 Å². The predicted molar refractivity (Wildman–Crippen MR) is 105 cm³/mol. The lowest BCUT2D eigenvalue weighted by molar-refractivity contribution is -0.133. The second-order valence-electron chi connectivity index (χ2n) is 6.73. The van der Waals surface area contributed by atoms with Gasteiger partial charge in [0.05, 0.1) is 28.6 Å². The fourth-order valence-corrected chi connectivity index (χ4v) is 3.47. The molecule has 7 heteroatoms. The number of carbonyl (C=O) groups excluding carboxylic acids is 1.